The van der Waals surface area contributed by atoms with Crippen molar-refractivity contribution in [2.24, 2.45) is 52.3 Å². The van der Waals surface area contributed by atoms with Crippen LogP contribution in [0.1, 0.15) is 85.5 Å². The molecule has 0 bridgehead atoms. The van der Waals surface area contributed by atoms with Crippen LogP contribution in [0, 0.1) is 52.3 Å². The minimum absolute atomic E-state index is 0.0390. The maximum atomic E-state index is 12.2. The number of fused-ring (bicyclic) bond motifs is 7. The van der Waals surface area contributed by atoms with E-state index in [1.165, 1.54) is 0 Å². The first-order valence-corrected chi connectivity index (χ1v) is 23.9. The van der Waals surface area contributed by atoms with Gasteiger partial charge >= 0.3 is 0 Å². The second-order valence-corrected chi connectivity index (χ2v) is 21.6. The molecule has 0 radical (unpaired) electrons. The number of rotatable bonds is 13. The highest BCUT2D eigenvalue weighted by Gasteiger charge is 2.69. The van der Waals surface area contributed by atoms with Crippen molar-refractivity contribution in [2.75, 3.05) is 26.4 Å². The van der Waals surface area contributed by atoms with Crippen molar-refractivity contribution >= 4 is 0 Å². The molecule has 20 nitrogen and oxygen atoms in total. The quantitative estimate of drug-likeness (QED) is 0.0829. The summed E-state index contributed by atoms with van der Waals surface area (Å²) < 4.78 is 42.7. The zero-order valence-corrected chi connectivity index (χ0v) is 37.8. The molecule has 28 atom stereocenters. The van der Waals surface area contributed by atoms with E-state index in [9.17, 15) is 66.4 Å². The second-order valence-electron chi connectivity index (χ2n) is 21.6. The smallest absolute Gasteiger partial charge is 0.186 e. The van der Waals surface area contributed by atoms with Gasteiger partial charge in [0, 0.05) is 12.3 Å². The molecule has 4 saturated carbocycles. The zero-order valence-electron chi connectivity index (χ0n) is 37.8. The topological polar surface area (TPSA) is 328 Å². The molecular weight excluding hydrogens is 860 g/mol. The van der Waals surface area contributed by atoms with Gasteiger partial charge in [-0.2, -0.15) is 0 Å². The molecule has 65 heavy (non-hydrogen) atoms. The molecule has 0 unspecified atom stereocenters. The molecule has 0 aromatic heterocycles. The fourth-order valence-electron chi connectivity index (χ4n) is 14.2. The lowest BCUT2D eigenvalue weighted by molar-refractivity contribution is -0.335. The SMILES string of the molecule is C[C@H](CC[C@@]1(O)O[C@H]2C[C@H]3[C@@H]4C[C@H](O[C@@H]5O[C@H](CO)[C@@H](O)[C@H](O)[C@H]5O)[C@H]5C[C@@H](O[C@@H]6O[C@H](CO)[C@@H](O)[C@H](O)[C@H]6O)CC[C@]5(C)[C@H]4CC[C@]3(C)[C@H]2[C@@H]1C)CO[C@@H]1O[C@H](CO)[C@@H](O)[C@H](O)[C@H]1O. The summed E-state index contributed by atoms with van der Waals surface area (Å²) in [5.41, 5.74) is -0.537. The van der Waals surface area contributed by atoms with E-state index in [0.29, 0.717) is 44.9 Å². The third kappa shape index (κ3) is 8.89. The van der Waals surface area contributed by atoms with Gasteiger partial charge in [0.1, 0.15) is 73.2 Å². The number of hydrogen-bond donors (Lipinski definition) is 13. The molecule has 0 aromatic carbocycles. The molecule has 8 aliphatic rings. The van der Waals surface area contributed by atoms with Gasteiger partial charge in [-0.3, -0.25) is 0 Å². The Bertz CT molecular complexity index is 1590. The van der Waals surface area contributed by atoms with Crippen LogP contribution >= 0.6 is 0 Å². The summed E-state index contributed by atoms with van der Waals surface area (Å²) in [7, 11) is 0. The number of ether oxygens (including phenoxy) is 7. The predicted molar refractivity (Wildman–Crippen MR) is 220 cm³/mol. The van der Waals surface area contributed by atoms with Crippen molar-refractivity contribution in [2.45, 2.75) is 202 Å². The van der Waals surface area contributed by atoms with Crippen LogP contribution in [0.4, 0.5) is 0 Å². The summed E-state index contributed by atoms with van der Waals surface area (Å²) >= 11 is 0. The van der Waals surface area contributed by atoms with Gasteiger partial charge in [-0.25, -0.2) is 0 Å². The van der Waals surface area contributed by atoms with Crippen LogP contribution in [-0.2, 0) is 33.2 Å². The van der Waals surface area contributed by atoms with E-state index in [-0.39, 0.29) is 65.0 Å². The van der Waals surface area contributed by atoms with Gasteiger partial charge < -0.3 is 99.5 Å². The van der Waals surface area contributed by atoms with Gasteiger partial charge in [0.15, 0.2) is 24.7 Å². The molecule has 4 aliphatic carbocycles. The van der Waals surface area contributed by atoms with Crippen molar-refractivity contribution in [1.29, 1.82) is 0 Å². The molecule has 4 saturated heterocycles. The molecular formula is C45H76O20. The standard InChI is InChI=1S/C45H76O20/c1-18(17-59-40-37(55)34(52)31(49)27(14-46)62-40)5-10-45(58)19(2)30-26(65-45)13-23-21-12-25(61-42-39(57)36(54)33(51)29(16-48)64-42)24-11-20(6-8-43(24,3)22(21)7-9-44(23,30)4)60-41-38(56)35(53)32(50)28(15-47)63-41/h18-42,46-58H,5-17H2,1-4H3/t18-,19+,20+,21-,22+,23+,24-,25+,26+,27-,28-,29-,30+,31-,32-,33-,34+,35+,36+,37-,38-,39-,40-,41-,42-,43-,44+,45-/m1/s1. The van der Waals surface area contributed by atoms with E-state index < -0.39 is 130 Å². The van der Waals surface area contributed by atoms with Crippen molar-refractivity contribution in [1.82, 2.24) is 0 Å². The lowest BCUT2D eigenvalue weighted by atomic mass is 9.43. The molecule has 0 spiro atoms. The summed E-state index contributed by atoms with van der Waals surface area (Å²) in [4.78, 5) is 0. The van der Waals surface area contributed by atoms with Crippen LogP contribution in [-0.4, -0.2) is 209 Å². The van der Waals surface area contributed by atoms with Crippen LogP contribution in [0.3, 0.4) is 0 Å². The van der Waals surface area contributed by atoms with Crippen molar-refractivity contribution < 1.29 is 99.5 Å². The molecule has 20 heteroatoms. The van der Waals surface area contributed by atoms with E-state index >= 15 is 0 Å². The number of aliphatic hydroxyl groups excluding tert-OH is 12. The molecule has 0 aromatic rings. The summed E-state index contributed by atoms with van der Waals surface area (Å²) in [6.45, 7) is 6.92. The first kappa shape index (κ1) is 50.6. The molecule has 8 rings (SSSR count). The first-order valence-electron chi connectivity index (χ1n) is 23.9. The van der Waals surface area contributed by atoms with Crippen LogP contribution < -0.4 is 0 Å². The molecule has 0 amide bonds. The minimum Gasteiger partial charge on any atom is -0.394 e. The van der Waals surface area contributed by atoms with E-state index in [1.54, 1.807) is 0 Å². The highest BCUT2D eigenvalue weighted by molar-refractivity contribution is 5.16. The normalized spacial score (nSPS) is 56.1. The van der Waals surface area contributed by atoms with Gasteiger partial charge in [0.2, 0.25) is 0 Å². The van der Waals surface area contributed by atoms with Crippen molar-refractivity contribution in [3.63, 3.8) is 0 Å². The number of aliphatic hydroxyl groups is 13. The average Bonchev–Trinajstić information content (AvgIpc) is 3.72. The zero-order chi connectivity index (χ0) is 47.1. The summed E-state index contributed by atoms with van der Waals surface area (Å²) in [5, 5.41) is 136. The first-order chi connectivity index (χ1) is 30.7. The van der Waals surface area contributed by atoms with Gasteiger partial charge in [-0.05, 0) is 97.7 Å². The Morgan fingerprint density at radius 2 is 1.12 bits per heavy atom. The van der Waals surface area contributed by atoms with Gasteiger partial charge in [0.05, 0.1) is 44.7 Å². The van der Waals surface area contributed by atoms with Gasteiger partial charge in [-0.1, -0.05) is 27.7 Å². The lowest BCUT2D eigenvalue weighted by Crippen LogP contribution is -2.63. The maximum Gasteiger partial charge on any atom is 0.186 e. The van der Waals surface area contributed by atoms with E-state index in [4.69, 9.17) is 33.2 Å². The predicted octanol–water partition coefficient (Wildman–Crippen LogP) is -2.81. The van der Waals surface area contributed by atoms with E-state index in [1.807, 2.05) is 6.92 Å². The largest absolute Gasteiger partial charge is 0.394 e. The average molecular weight is 937 g/mol. The van der Waals surface area contributed by atoms with Crippen molar-refractivity contribution in [3.8, 4) is 0 Å². The Balaban J connectivity index is 0.970. The molecule has 4 heterocycles. The van der Waals surface area contributed by atoms with Crippen LogP contribution in [0.15, 0.2) is 0 Å². The Kier molecular flexibility index (Phi) is 15.1. The van der Waals surface area contributed by atoms with Gasteiger partial charge in [0.25, 0.3) is 0 Å². The third-order valence-corrected chi connectivity index (χ3v) is 18.0. The highest BCUT2D eigenvalue weighted by Crippen LogP contribution is 2.71. The summed E-state index contributed by atoms with van der Waals surface area (Å²) in [5.74, 6) is -1.36. The monoisotopic (exact) mass is 936 g/mol. The van der Waals surface area contributed by atoms with E-state index in [0.717, 1.165) is 12.8 Å². The fourth-order valence-corrected chi connectivity index (χ4v) is 14.2. The second kappa shape index (κ2) is 19.4. The van der Waals surface area contributed by atoms with Crippen LogP contribution in [0.25, 0.3) is 0 Å². The van der Waals surface area contributed by atoms with Crippen LogP contribution in [0.5, 0.6) is 0 Å². The Morgan fingerprint density at radius 3 is 1.69 bits per heavy atom. The summed E-state index contributed by atoms with van der Waals surface area (Å²) in [6.07, 6.45) is -17.0. The molecule has 4 aliphatic heterocycles. The van der Waals surface area contributed by atoms with E-state index in [2.05, 4.69) is 20.8 Å². The molecule has 376 valence electrons. The summed E-state index contributed by atoms with van der Waals surface area (Å²) in [6, 6.07) is 0. The number of hydrogen-bond acceptors (Lipinski definition) is 20. The fraction of sp³-hybridized carbons (Fsp3) is 1.00. The highest BCUT2D eigenvalue weighted by atomic mass is 16.7. The third-order valence-electron chi connectivity index (χ3n) is 18.0. The van der Waals surface area contributed by atoms with Crippen molar-refractivity contribution in [3.05, 3.63) is 0 Å². The Hall–Kier alpha value is -0.800. The van der Waals surface area contributed by atoms with Gasteiger partial charge in [-0.15, -0.1) is 0 Å². The lowest BCUT2D eigenvalue weighted by Gasteiger charge is -2.63. The van der Waals surface area contributed by atoms with Crippen LogP contribution in [0.2, 0.25) is 0 Å². The Labute approximate surface area is 379 Å². The maximum absolute atomic E-state index is 12.2. The Morgan fingerprint density at radius 1 is 0.600 bits per heavy atom. The minimum atomic E-state index is -1.63. The molecule has 13 N–H and O–H groups in total. The molecule has 8 fully saturated rings.